The Labute approximate surface area is 149 Å². The summed E-state index contributed by atoms with van der Waals surface area (Å²) in [5.74, 6) is 0. The molecule has 1 rings (SSSR count). The van der Waals surface area contributed by atoms with Crippen molar-refractivity contribution in [1.82, 2.24) is 4.90 Å². The summed E-state index contributed by atoms with van der Waals surface area (Å²) in [6, 6.07) is -0.0678. The Morgan fingerprint density at radius 1 is 0.833 bits per heavy atom. The molecule has 0 heterocycles. The minimum atomic E-state index is -0.539. The number of aliphatic hydroxyl groups is 2. The summed E-state index contributed by atoms with van der Waals surface area (Å²) in [6.07, 6.45) is 11.5. The molecular weight excluding hydrogens is 302 g/mol. The molecule has 1 saturated carbocycles. The average molecular weight is 344 g/mol. The highest BCUT2D eigenvalue weighted by molar-refractivity contribution is 4.98. The number of ether oxygens (including phenoxy) is 1. The highest BCUT2D eigenvalue weighted by atomic mass is 16.5. The van der Waals surface area contributed by atoms with Crippen LogP contribution >= 0.6 is 0 Å². The standard InChI is InChI=1S/C20H41NO3/c1-4-6-8-10-12-14-21(3)19-17(22)16-18(23)20(19)24-15-13-11-9-7-5-2/h17-20,22-23H,4-16H2,1-3H3. The first-order valence-electron chi connectivity index (χ1n) is 10.3. The molecule has 24 heavy (non-hydrogen) atoms. The van der Waals surface area contributed by atoms with Gasteiger partial charge in [-0.05, 0) is 26.4 Å². The van der Waals surface area contributed by atoms with Crippen LogP contribution in [0.25, 0.3) is 0 Å². The Hall–Kier alpha value is -0.160. The van der Waals surface area contributed by atoms with Crippen molar-refractivity contribution in [2.75, 3.05) is 20.2 Å². The highest BCUT2D eigenvalue weighted by Crippen LogP contribution is 2.28. The zero-order valence-corrected chi connectivity index (χ0v) is 16.3. The van der Waals surface area contributed by atoms with Crippen LogP contribution in [0.15, 0.2) is 0 Å². The molecule has 1 aliphatic rings. The SMILES string of the molecule is CCCCCCCOC1C(O)CC(O)C1N(C)CCCCCCC. The fourth-order valence-electron chi connectivity index (χ4n) is 3.76. The van der Waals surface area contributed by atoms with Crippen LogP contribution in [-0.4, -0.2) is 59.7 Å². The second-order valence-electron chi connectivity index (χ2n) is 7.51. The summed E-state index contributed by atoms with van der Waals surface area (Å²) >= 11 is 0. The zero-order valence-electron chi connectivity index (χ0n) is 16.3. The molecule has 0 aromatic carbocycles. The zero-order chi connectivity index (χ0) is 17.8. The van der Waals surface area contributed by atoms with Crippen LogP contribution in [0, 0.1) is 0 Å². The molecule has 0 aliphatic heterocycles. The third-order valence-electron chi connectivity index (χ3n) is 5.27. The summed E-state index contributed by atoms with van der Waals surface area (Å²) in [6.45, 7) is 6.11. The molecule has 0 aromatic heterocycles. The maximum absolute atomic E-state index is 10.3. The number of hydrogen-bond acceptors (Lipinski definition) is 4. The van der Waals surface area contributed by atoms with Gasteiger partial charge < -0.3 is 14.9 Å². The molecule has 0 saturated heterocycles. The first-order valence-corrected chi connectivity index (χ1v) is 10.3. The fraction of sp³-hybridized carbons (Fsp3) is 1.00. The summed E-state index contributed by atoms with van der Waals surface area (Å²) in [5.41, 5.74) is 0. The number of unbranched alkanes of at least 4 members (excludes halogenated alkanes) is 8. The topological polar surface area (TPSA) is 52.9 Å². The van der Waals surface area contributed by atoms with Crippen molar-refractivity contribution in [3.05, 3.63) is 0 Å². The van der Waals surface area contributed by atoms with Gasteiger partial charge in [-0.3, -0.25) is 4.90 Å². The van der Waals surface area contributed by atoms with E-state index in [2.05, 4.69) is 25.8 Å². The molecule has 4 heteroatoms. The van der Waals surface area contributed by atoms with E-state index in [9.17, 15) is 10.2 Å². The van der Waals surface area contributed by atoms with Gasteiger partial charge in [-0.1, -0.05) is 65.2 Å². The maximum Gasteiger partial charge on any atom is 0.101 e. The Kier molecular flexibility index (Phi) is 11.9. The minimum Gasteiger partial charge on any atom is -0.391 e. The lowest BCUT2D eigenvalue weighted by atomic mass is 10.1. The molecule has 1 fully saturated rings. The molecule has 2 N–H and O–H groups in total. The molecule has 1 aliphatic carbocycles. The number of nitrogens with zero attached hydrogens (tertiary/aromatic N) is 1. The number of hydrogen-bond donors (Lipinski definition) is 2. The lowest BCUT2D eigenvalue weighted by molar-refractivity contribution is -0.0589. The molecule has 4 atom stereocenters. The Bertz CT molecular complexity index is 301. The van der Waals surface area contributed by atoms with Gasteiger partial charge in [0.1, 0.15) is 6.10 Å². The van der Waals surface area contributed by atoms with Gasteiger partial charge in [0.2, 0.25) is 0 Å². The average Bonchev–Trinajstić information content (AvgIpc) is 2.84. The molecule has 0 aromatic rings. The normalized spacial score (nSPS) is 27.2. The van der Waals surface area contributed by atoms with Gasteiger partial charge in [-0.2, -0.15) is 0 Å². The summed E-state index contributed by atoms with van der Waals surface area (Å²) < 4.78 is 5.99. The van der Waals surface area contributed by atoms with Crippen molar-refractivity contribution >= 4 is 0 Å². The third kappa shape index (κ3) is 7.81. The van der Waals surface area contributed by atoms with E-state index in [-0.39, 0.29) is 12.1 Å². The van der Waals surface area contributed by atoms with Gasteiger partial charge in [-0.25, -0.2) is 0 Å². The number of rotatable bonds is 14. The van der Waals surface area contributed by atoms with Gasteiger partial charge in [0.25, 0.3) is 0 Å². The Morgan fingerprint density at radius 3 is 2.04 bits per heavy atom. The maximum atomic E-state index is 10.3. The van der Waals surface area contributed by atoms with Crippen LogP contribution in [-0.2, 0) is 4.74 Å². The molecule has 0 amide bonds. The van der Waals surface area contributed by atoms with Gasteiger partial charge >= 0.3 is 0 Å². The highest BCUT2D eigenvalue weighted by Gasteiger charge is 2.44. The van der Waals surface area contributed by atoms with E-state index in [1.54, 1.807) is 0 Å². The van der Waals surface area contributed by atoms with E-state index in [1.165, 1.54) is 51.4 Å². The number of aliphatic hydroxyl groups excluding tert-OH is 2. The van der Waals surface area contributed by atoms with Gasteiger partial charge in [0.15, 0.2) is 0 Å². The molecule has 0 bridgehead atoms. The Balaban J connectivity index is 2.32. The largest absolute Gasteiger partial charge is 0.391 e. The predicted octanol–water partition coefficient (Wildman–Crippen LogP) is 3.74. The van der Waals surface area contributed by atoms with Gasteiger partial charge in [0, 0.05) is 13.0 Å². The lowest BCUT2D eigenvalue weighted by Gasteiger charge is -2.32. The van der Waals surface area contributed by atoms with Crippen molar-refractivity contribution in [2.45, 2.75) is 109 Å². The van der Waals surface area contributed by atoms with Gasteiger partial charge in [-0.15, -0.1) is 0 Å². The monoisotopic (exact) mass is 343 g/mol. The van der Waals surface area contributed by atoms with Crippen LogP contribution in [0.5, 0.6) is 0 Å². The van der Waals surface area contributed by atoms with Crippen LogP contribution in [0.3, 0.4) is 0 Å². The van der Waals surface area contributed by atoms with Crippen LogP contribution in [0.4, 0.5) is 0 Å². The van der Waals surface area contributed by atoms with Crippen molar-refractivity contribution in [2.24, 2.45) is 0 Å². The van der Waals surface area contributed by atoms with Crippen molar-refractivity contribution in [3.63, 3.8) is 0 Å². The Morgan fingerprint density at radius 2 is 1.42 bits per heavy atom. The first-order chi connectivity index (χ1) is 11.6. The van der Waals surface area contributed by atoms with Crippen LogP contribution in [0.1, 0.15) is 84.5 Å². The van der Waals surface area contributed by atoms with Crippen molar-refractivity contribution < 1.29 is 14.9 Å². The number of likely N-dealkylation sites (N-methyl/N-ethyl adjacent to an activating group) is 1. The molecular formula is C20H41NO3. The minimum absolute atomic E-state index is 0.0678. The lowest BCUT2D eigenvalue weighted by Crippen LogP contribution is -2.47. The summed E-state index contributed by atoms with van der Waals surface area (Å²) in [4.78, 5) is 2.20. The second kappa shape index (κ2) is 13.1. The molecule has 0 spiro atoms. The predicted molar refractivity (Wildman–Crippen MR) is 100 cm³/mol. The summed E-state index contributed by atoms with van der Waals surface area (Å²) in [5, 5.41) is 20.6. The van der Waals surface area contributed by atoms with Crippen molar-refractivity contribution in [1.29, 1.82) is 0 Å². The summed E-state index contributed by atoms with van der Waals surface area (Å²) in [7, 11) is 2.06. The van der Waals surface area contributed by atoms with Crippen LogP contribution < -0.4 is 0 Å². The van der Waals surface area contributed by atoms with E-state index in [0.717, 1.165) is 19.4 Å². The molecule has 4 nitrogen and oxygen atoms in total. The van der Waals surface area contributed by atoms with E-state index in [0.29, 0.717) is 13.0 Å². The first kappa shape index (κ1) is 21.9. The van der Waals surface area contributed by atoms with Crippen LogP contribution in [0.2, 0.25) is 0 Å². The van der Waals surface area contributed by atoms with E-state index < -0.39 is 12.2 Å². The van der Waals surface area contributed by atoms with Crippen molar-refractivity contribution in [3.8, 4) is 0 Å². The smallest absolute Gasteiger partial charge is 0.101 e. The second-order valence-corrected chi connectivity index (χ2v) is 7.51. The van der Waals surface area contributed by atoms with Gasteiger partial charge in [0.05, 0.1) is 18.2 Å². The quantitative estimate of drug-likeness (QED) is 0.472. The molecule has 144 valence electrons. The van der Waals surface area contributed by atoms with E-state index in [4.69, 9.17) is 4.74 Å². The molecule has 0 radical (unpaired) electrons. The molecule has 4 unspecified atom stereocenters. The van der Waals surface area contributed by atoms with E-state index >= 15 is 0 Å². The fourth-order valence-corrected chi connectivity index (χ4v) is 3.76. The third-order valence-corrected chi connectivity index (χ3v) is 5.27. The van der Waals surface area contributed by atoms with E-state index in [1.807, 2.05) is 0 Å².